The summed E-state index contributed by atoms with van der Waals surface area (Å²) in [6.07, 6.45) is 9.82. The van der Waals surface area contributed by atoms with Gasteiger partial charge in [-0.25, -0.2) is 30.4 Å². The van der Waals surface area contributed by atoms with E-state index in [0.717, 1.165) is 22.1 Å². The Morgan fingerprint density at radius 1 is 0.938 bits per heavy atom. The van der Waals surface area contributed by atoms with E-state index >= 15 is 0 Å². The molecule has 2 aromatic carbocycles. The van der Waals surface area contributed by atoms with Crippen LogP contribution in [0.1, 0.15) is 147 Å². The van der Waals surface area contributed by atoms with Crippen LogP contribution in [0.2, 0.25) is 0 Å². The maximum absolute atomic E-state index is 14.4. The van der Waals surface area contributed by atoms with E-state index in [-0.39, 0.29) is 68.1 Å². The van der Waals surface area contributed by atoms with Crippen molar-refractivity contribution in [1.29, 1.82) is 0 Å². The molecule has 2 aliphatic heterocycles. The molecule has 2 atom stereocenters. The minimum atomic E-state index is -2.03. The topological polar surface area (TPSA) is 359 Å². The summed E-state index contributed by atoms with van der Waals surface area (Å²) in [5.41, 5.74) is 13.9. The Morgan fingerprint density at radius 3 is 2.36 bits per heavy atom. The number of nitrogens with zero attached hydrogens (tertiary/aromatic N) is 6. The lowest BCUT2D eigenvalue weighted by molar-refractivity contribution is -0.175. The number of esters is 1. The average Bonchev–Trinajstić information content (AvgIpc) is 1.46. The van der Waals surface area contributed by atoms with Gasteiger partial charge in [-0.15, -0.1) is 0 Å². The van der Waals surface area contributed by atoms with E-state index in [4.69, 9.17) is 46.0 Å². The zero-order chi connectivity index (χ0) is 69.7. The van der Waals surface area contributed by atoms with Crippen LogP contribution in [-0.4, -0.2) is 147 Å². The molecule has 5 heterocycles. The number of hydrogen-bond donors (Lipinski definition) is 7. The highest BCUT2D eigenvalue weighted by Crippen LogP contribution is 2.42. The molecule has 5 aromatic rings. The predicted octanol–water partition coefficient (Wildman–Crippen LogP) is 6.11. The molecule has 3 aromatic heterocycles. The SMILES string of the molecule is CC[C@@]1(OC(=O)OCc2ccc(NC(=O)[C@H](CCCCN)NC(=O)COCC(=O)NC(C)(C)CCOC(C)(C)CCN(N)/C=C(\N)CNC(=O)CCCC#Cc3cnc(SC)nc3)cc2)C(=O)OCc2c1cc1n(c2=O)Cc2c-1nc1ccccc1c2CCN(C(C)=O)C(C)C. The number of carbonyl (C=O) groups is 7. The predicted molar refractivity (Wildman–Crippen MR) is 363 cm³/mol. The molecule has 2 aliphatic rings. The number of carbonyl (C=O) groups excluding carboxylic acids is 7. The molecule has 0 unspecified atom stereocenters. The van der Waals surface area contributed by atoms with Crippen molar-refractivity contribution < 1.29 is 57.2 Å². The van der Waals surface area contributed by atoms with Crippen LogP contribution in [-0.2, 0) is 84.2 Å². The van der Waals surface area contributed by atoms with E-state index < -0.39 is 71.4 Å². The van der Waals surface area contributed by atoms with Gasteiger partial charge in [-0.3, -0.25) is 28.8 Å². The number of hydrazine groups is 1. The molecule has 516 valence electrons. The standard InChI is InChI=1S/C69H91N13O13S/c1-10-69(54-34-57-61-52(39-82(57)63(88)53(54)41-92-64(69)89)50(27-31-81(44(2)3)45(4)83)51-19-14-15-20-55(51)78-61)95-66(90)93-40-46-23-25-49(26-24-46)76-62(87)56(21-16-17-30-70)77-59(85)42-91-43-60(86)79-67(5,6)29-33-94-68(7,8)28-32-80(72)38-48(71)37-73-58(84)22-13-11-12-18-47-35-74-65(96-9)75-36-47/h14-15,19-20,23-26,34-36,38,44,56H,10-11,13,16-17,21-22,27-33,37,39-43,70-72H2,1-9H3,(H,73,84)(H,76,87)(H,77,85)(H,79,86)/b48-38-/t56-,69-/m0/s1. The van der Waals surface area contributed by atoms with Crippen LogP contribution in [0, 0.1) is 11.8 Å². The van der Waals surface area contributed by atoms with Gasteiger partial charge in [0, 0.05) is 97.5 Å². The smallest absolute Gasteiger partial charge is 0.457 e. The zero-order valence-corrected chi connectivity index (χ0v) is 57.2. The van der Waals surface area contributed by atoms with Crippen LogP contribution in [0.4, 0.5) is 10.5 Å². The molecular weight excluding hydrogens is 1250 g/mol. The molecule has 7 rings (SSSR count). The summed E-state index contributed by atoms with van der Waals surface area (Å²) < 4.78 is 30.3. The van der Waals surface area contributed by atoms with Gasteiger partial charge in [0.05, 0.1) is 46.7 Å². The second-order valence-corrected chi connectivity index (χ2v) is 25.9. The van der Waals surface area contributed by atoms with Crippen LogP contribution in [0.5, 0.6) is 0 Å². The number of nitrogens with one attached hydrogen (secondary N) is 4. The normalized spacial score (nSPS) is 14.5. The molecule has 0 aliphatic carbocycles. The Kier molecular flexibility index (Phi) is 26.9. The molecular formula is C69H91N13O13S. The second-order valence-electron chi connectivity index (χ2n) is 25.2. The van der Waals surface area contributed by atoms with Crippen LogP contribution in [0.3, 0.4) is 0 Å². The lowest BCUT2D eigenvalue weighted by Crippen LogP contribution is -2.47. The number of rotatable bonds is 34. The average molecular weight is 1340 g/mol. The number of hydrogen-bond acceptors (Lipinski definition) is 21. The quantitative estimate of drug-likeness (QED) is 0.00456. The molecule has 10 N–H and O–H groups in total. The van der Waals surface area contributed by atoms with Crippen LogP contribution < -0.4 is 44.1 Å². The second kappa shape index (κ2) is 34.6. The first-order chi connectivity index (χ1) is 45.7. The number of aromatic nitrogens is 4. The molecule has 0 radical (unpaired) electrons. The highest BCUT2D eigenvalue weighted by molar-refractivity contribution is 7.98. The Morgan fingerprint density at radius 2 is 1.67 bits per heavy atom. The molecule has 26 nitrogen and oxygen atoms in total. The van der Waals surface area contributed by atoms with Crippen molar-refractivity contribution in [3.63, 3.8) is 0 Å². The van der Waals surface area contributed by atoms with E-state index in [1.807, 2.05) is 72.1 Å². The van der Waals surface area contributed by atoms with Gasteiger partial charge in [-0.05, 0) is 141 Å². The molecule has 0 spiro atoms. The first kappa shape index (κ1) is 74.5. The molecule has 0 bridgehead atoms. The van der Waals surface area contributed by atoms with Crippen molar-refractivity contribution in [3.05, 3.63) is 123 Å². The summed E-state index contributed by atoms with van der Waals surface area (Å²) >= 11 is 1.45. The summed E-state index contributed by atoms with van der Waals surface area (Å²) in [5, 5.41) is 14.2. The number of ether oxygens (including phenoxy) is 5. The number of nitrogens with two attached hydrogens (primary N) is 3. The van der Waals surface area contributed by atoms with Gasteiger partial charge in [-0.2, -0.15) is 0 Å². The maximum atomic E-state index is 14.4. The highest BCUT2D eigenvalue weighted by atomic mass is 32.2. The van der Waals surface area contributed by atoms with Crippen molar-refractivity contribution in [2.24, 2.45) is 17.3 Å². The molecule has 0 fully saturated rings. The minimum absolute atomic E-state index is 0.0245. The number of pyridine rings is 2. The first-order valence-electron chi connectivity index (χ1n) is 32.2. The molecule has 5 amide bonds. The van der Waals surface area contributed by atoms with E-state index in [1.54, 1.807) is 72.2 Å². The number of unbranched alkanes of at least 4 members (excludes halogenated alkanes) is 2. The number of para-hydroxylation sites is 1. The van der Waals surface area contributed by atoms with Gasteiger partial charge < -0.3 is 70.9 Å². The van der Waals surface area contributed by atoms with Gasteiger partial charge in [-0.1, -0.05) is 60.9 Å². The van der Waals surface area contributed by atoms with Crippen molar-refractivity contribution >= 4 is 70.0 Å². The lowest BCUT2D eigenvalue weighted by atomic mass is 9.85. The summed E-state index contributed by atoms with van der Waals surface area (Å²) in [7, 11) is 0. The summed E-state index contributed by atoms with van der Waals surface area (Å²) in [6.45, 7) is 15.0. The van der Waals surface area contributed by atoms with Crippen molar-refractivity contribution in [2.45, 2.75) is 173 Å². The Labute approximate surface area is 564 Å². The third-order valence-electron chi connectivity index (χ3n) is 16.5. The molecule has 0 saturated heterocycles. The monoisotopic (exact) mass is 1340 g/mol. The van der Waals surface area contributed by atoms with Gasteiger partial charge in [0.15, 0.2) is 5.16 Å². The number of anilines is 1. The maximum Gasteiger partial charge on any atom is 0.510 e. The fraction of sp³-hybridized carbons (Fsp3) is 0.493. The largest absolute Gasteiger partial charge is 0.510 e. The van der Waals surface area contributed by atoms with Crippen LogP contribution in [0.25, 0.3) is 22.3 Å². The summed E-state index contributed by atoms with van der Waals surface area (Å²) in [6, 6.07) is 14.7. The van der Waals surface area contributed by atoms with Gasteiger partial charge in [0.1, 0.15) is 32.5 Å². The Balaban J connectivity index is 0.833. The third-order valence-corrected chi connectivity index (χ3v) is 17.0. The van der Waals surface area contributed by atoms with Crippen LogP contribution >= 0.6 is 11.8 Å². The molecule has 27 heteroatoms. The fourth-order valence-corrected chi connectivity index (χ4v) is 11.5. The van der Waals surface area contributed by atoms with E-state index in [9.17, 15) is 38.4 Å². The van der Waals surface area contributed by atoms with Crippen LogP contribution in [0.15, 0.2) is 88.8 Å². The lowest BCUT2D eigenvalue weighted by Gasteiger charge is -2.35. The number of cyclic esters (lactones) is 1. The minimum Gasteiger partial charge on any atom is -0.457 e. The summed E-state index contributed by atoms with van der Waals surface area (Å²) in [4.78, 5) is 122. The zero-order valence-electron chi connectivity index (χ0n) is 56.4. The summed E-state index contributed by atoms with van der Waals surface area (Å²) in [5.74, 6) is 9.59. The third kappa shape index (κ3) is 20.8. The fourth-order valence-electron chi connectivity index (χ4n) is 11.2. The number of benzene rings is 2. The van der Waals surface area contributed by atoms with Gasteiger partial charge in [0.2, 0.25) is 35.1 Å². The van der Waals surface area contributed by atoms with Gasteiger partial charge >= 0.3 is 12.1 Å². The van der Waals surface area contributed by atoms with E-state index in [1.165, 1.54) is 16.8 Å². The van der Waals surface area contributed by atoms with Gasteiger partial charge in [0.25, 0.3) is 5.56 Å². The Hall–Kier alpha value is -8.94. The molecule has 96 heavy (non-hydrogen) atoms. The van der Waals surface area contributed by atoms with E-state index in [0.29, 0.717) is 117 Å². The Bertz CT molecular complexity index is 3750. The number of amides is 5. The van der Waals surface area contributed by atoms with Crippen molar-refractivity contribution in [3.8, 4) is 23.2 Å². The number of thioether (sulfide) groups is 1. The van der Waals surface area contributed by atoms with Crippen molar-refractivity contribution in [1.82, 2.24) is 45.4 Å². The highest BCUT2D eigenvalue weighted by Gasteiger charge is 2.51. The number of fused-ring (bicyclic) bond motifs is 5. The van der Waals surface area contributed by atoms with E-state index in [2.05, 4.69) is 43.1 Å². The first-order valence-corrected chi connectivity index (χ1v) is 33.5. The molecule has 0 saturated carbocycles. The van der Waals surface area contributed by atoms with Crippen molar-refractivity contribution in [2.75, 3.05) is 57.6 Å².